The molecule has 2 rings (SSSR count). The second-order valence-electron chi connectivity index (χ2n) is 5.13. The third-order valence-corrected chi connectivity index (χ3v) is 6.23. The number of ether oxygens (including phenoxy) is 1. The van der Waals surface area contributed by atoms with Gasteiger partial charge >= 0.3 is 0 Å². The molecule has 1 atom stereocenters. The largest absolute Gasteiger partial charge is 0.377 e. The van der Waals surface area contributed by atoms with Gasteiger partial charge in [0.15, 0.2) is 0 Å². The van der Waals surface area contributed by atoms with Gasteiger partial charge in [0.05, 0.1) is 11.9 Å². The summed E-state index contributed by atoms with van der Waals surface area (Å²) in [7, 11) is -1.45. The number of hydrogen-bond acceptors (Lipinski definition) is 3. The van der Waals surface area contributed by atoms with Gasteiger partial charge in [-0.05, 0) is 31.6 Å². The molecule has 1 saturated heterocycles. The highest BCUT2D eigenvalue weighted by molar-refractivity contribution is 9.09. The van der Waals surface area contributed by atoms with Crippen molar-refractivity contribution < 1.29 is 13.2 Å². The molecule has 0 amide bonds. The van der Waals surface area contributed by atoms with Crippen molar-refractivity contribution in [3.63, 3.8) is 0 Å². The minimum Gasteiger partial charge on any atom is -0.377 e. The maximum absolute atomic E-state index is 12.1. The average molecular weight is 326 g/mol. The van der Waals surface area contributed by atoms with Gasteiger partial charge < -0.3 is 4.74 Å². The lowest BCUT2D eigenvalue weighted by Crippen LogP contribution is -2.40. The highest BCUT2D eigenvalue weighted by Crippen LogP contribution is 2.34. The van der Waals surface area contributed by atoms with Crippen molar-refractivity contribution >= 4 is 26.0 Å². The van der Waals surface area contributed by atoms with Gasteiger partial charge in [0.2, 0.25) is 10.0 Å². The molecular formula is C11H20BrNO3S. The molecule has 6 heteroatoms. The first-order chi connectivity index (χ1) is 7.97. The molecule has 0 bridgehead atoms. The Labute approximate surface area is 112 Å². The number of nitrogens with zero attached hydrogens (tertiary/aromatic N) is 1. The van der Waals surface area contributed by atoms with Gasteiger partial charge in [-0.3, -0.25) is 0 Å². The van der Waals surface area contributed by atoms with Gasteiger partial charge in [0, 0.05) is 25.0 Å². The molecule has 0 aromatic carbocycles. The molecule has 1 aliphatic heterocycles. The summed E-state index contributed by atoms with van der Waals surface area (Å²) in [6.07, 6.45) is 3.94. The lowest BCUT2D eigenvalue weighted by atomic mass is 9.85. The van der Waals surface area contributed by atoms with Crippen molar-refractivity contribution in [2.75, 3.05) is 26.0 Å². The molecule has 0 N–H and O–H groups in total. The second kappa shape index (κ2) is 5.55. The van der Waals surface area contributed by atoms with Gasteiger partial charge in [0.25, 0.3) is 0 Å². The van der Waals surface area contributed by atoms with E-state index in [0.29, 0.717) is 23.9 Å². The normalized spacial score (nSPS) is 33.9. The van der Waals surface area contributed by atoms with Crippen LogP contribution in [0.4, 0.5) is 0 Å². The molecule has 2 aliphatic rings. The van der Waals surface area contributed by atoms with Gasteiger partial charge in [-0.15, -0.1) is 0 Å². The molecule has 1 saturated carbocycles. The Bertz CT molecular complexity index is 348. The quantitative estimate of drug-likeness (QED) is 0.721. The molecule has 4 nitrogen and oxygen atoms in total. The van der Waals surface area contributed by atoms with Crippen LogP contribution in [0.3, 0.4) is 0 Å². The van der Waals surface area contributed by atoms with Crippen LogP contribution in [-0.4, -0.2) is 49.6 Å². The van der Waals surface area contributed by atoms with E-state index in [-0.39, 0.29) is 11.9 Å². The van der Waals surface area contributed by atoms with E-state index in [0.717, 1.165) is 25.7 Å². The molecular weight excluding hydrogens is 306 g/mol. The van der Waals surface area contributed by atoms with Crippen LogP contribution in [0, 0.1) is 5.92 Å². The fraction of sp³-hybridized carbons (Fsp3) is 1.00. The third kappa shape index (κ3) is 3.66. The van der Waals surface area contributed by atoms with Gasteiger partial charge in [0.1, 0.15) is 0 Å². The van der Waals surface area contributed by atoms with E-state index in [2.05, 4.69) is 15.9 Å². The maximum atomic E-state index is 12.1. The molecule has 0 aromatic heterocycles. The van der Waals surface area contributed by atoms with Crippen LogP contribution in [0.1, 0.15) is 25.7 Å². The van der Waals surface area contributed by atoms with Gasteiger partial charge in [-0.1, -0.05) is 15.9 Å². The predicted octanol–water partition coefficient (Wildman–Crippen LogP) is 1.60. The topological polar surface area (TPSA) is 46.6 Å². The Kier molecular flexibility index (Phi) is 4.50. The number of alkyl halides is 1. The monoisotopic (exact) mass is 325 g/mol. The second-order valence-corrected chi connectivity index (χ2v) is 8.54. The Morgan fingerprint density at radius 3 is 2.65 bits per heavy atom. The van der Waals surface area contributed by atoms with Crippen LogP contribution in [-0.2, 0) is 14.8 Å². The third-order valence-electron chi connectivity index (χ3n) is 3.59. The number of sulfonamides is 1. The van der Waals surface area contributed by atoms with E-state index >= 15 is 0 Å². The first-order valence-corrected chi connectivity index (χ1v) is 8.69. The van der Waals surface area contributed by atoms with E-state index in [9.17, 15) is 8.42 Å². The predicted molar refractivity (Wildman–Crippen MR) is 70.8 cm³/mol. The summed E-state index contributed by atoms with van der Waals surface area (Å²) in [6.45, 7) is 1.36. The van der Waals surface area contributed by atoms with Crippen molar-refractivity contribution in [2.24, 2.45) is 5.92 Å². The van der Waals surface area contributed by atoms with E-state index in [1.165, 1.54) is 4.31 Å². The van der Waals surface area contributed by atoms with E-state index in [4.69, 9.17) is 4.74 Å². The molecule has 17 heavy (non-hydrogen) atoms. The van der Waals surface area contributed by atoms with Crippen molar-refractivity contribution in [3.05, 3.63) is 0 Å². The standard InChI is InChI=1S/C11H20BrNO3S/c1-13(7-9-5-10(12)6-9)17(14,15)8-11-3-2-4-16-11/h9-11H,2-8H2,1H3. The summed E-state index contributed by atoms with van der Waals surface area (Å²) >= 11 is 3.52. The Hall–Kier alpha value is 0.350. The number of halogens is 1. The van der Waals surface area contributed by atoms with Crippen molar-refractivity contribution in [1.29, 1.82) is 0 Å². The molecule has 1 unspecified atom stereocenters. The highest BCUT2D eigenvalue weighted by atomic mass is 79.9. The minimum absolute atomic E-state index is 0.0900. The maximum Gasteiger partial charge on any atom is 0.216 e. The summed E-state index contributed by atoms with van der Waals surface area (Å²) in [5, 5.41) is 0. The summed E-state index contributed by atoms with van der Waals surface area (Å²) in [6, 6.07) is 0. The van der Waals surface area contributed by atoms with Gasteiger partial charge in [-0.2, -0.15) is 0 Å². The molecule has 100 valence electrons. The van der Waals surface area contributed by atoms with E-state index in [1.54, 1.807) is 7.05 Å². The van der Waals surface area contributed by atoms with Crippen LogP contribution in [0.25, 0.3) is 0 Å². The van der Waals surface area contributed by atoms with E-state index in [1.807, 2.05) is 0 Å². The van der Waals surface area contributed by atoms with Crippen LogP contribution in [0.2, 0.25) is 0 Å². The van der Waals surface area contributed by atoms with Crippen molar-refractivity contribution in [2.45, 2.75) is 36.6 Å². The summed E-state index contributed by atoms with van der Waals surface area (Å²) in [5.74, 6) is 0.664. The molecule has 0 radical (unpaired) electrons. The summed E-state index contributed by atoms with van der Waals surface area (Å²) in [5.41, 5.74) is 0. The van der Waals surface area contributed by atoms with Gasteiger partial charge in [-0.25, -0.2) is 12.7 Å². The van der Waals surface area contributed by atoms with Crippen molar-refractivity contribution in [1.82, 2.24) is 4.31 Å². The number of hydrogen-bond donors (Lipinski definition) is 0. The van der Waals surface area contributed by atoms with Crippen LogP contribution < -0.4 is 0 Å². The fourth-order valence-electron chi connectivity index (χ4n) is 2.42. The van der Waals surface area contributed by atoms with Crippen molar-refractivity contribution in [3.8, 4) is 0 Å². The minimum atomic E-state index is -3.14. The lowest BCUT2D eigenvalue weighted by Gasteiger charge is -2.34. The zero-order valence-electron chi connectivity index (χ0n) is 10.1. The van der Waals surface area contributed by atoms with Crippen LogP contribution in [0.15, 0.2) is 0 Å². The fourth-order valence-corrected chi connectivity index (χ4v) is 4.90. The smallest absolute Gasteiger partial charge is 0.216 e. The first-order valence-electron chi connectivity index (χ1n) is 6.17. The molecule has 2 fully saturated rings. The molecule has 0 aromatic rings. The molecule has 1 aliphatic carbocycles. The zero-order valence-corrected chi connectivity index (χ0v) is 12.5. The van der Waals surface area contributed by atoms with Crippen LogP contribution in [0.5, 0.6) is 0 Å². The van der Waals surface area contributed by atoms with Crippen LogP contribution >= 0.6 is 15.9 Å². The Morgan fingerprint density at radius 1 is 1.41 bits per heavy atom. The first kappa shape index (κ1) is 13.8. The lowest BCUT2D eigenvalue weighted by molar-refractivity contribution is 0.126. The zero-order chi connectivity index (χ0) is 12.5. The Balaban J connectivity index is 1.81. The summed E-state index contributed by atoms with van der Waals surface area (Å²) in [4.78, 5) is 0.585. The summed E-state index contributed by atoms with van der Waals surface area (Å²) < 4.78 is 31.1. The highest BCUT2D eigenvalue weighted by Gasteiger charge is 2.32. The SMILES string of the molecule is CN(CC1CC(Br)C1)S(=O)(=O)CC1CCCO1. The average Bonchev–Trinajstić information content (AvgIpc) is 2.67. The Morgan fingerprint density at radius 2 is 2.12 bits per heavy atom. The number of rotatable bonds is 5. The molecule has 0 spiro atoms. The van der Waals surface area contributed by atoms with E-state index < -0.39 is 10.0 Å². The molecule has 1 heterocycles.